The lowest BCUT2D eigenvalue weighted by Gasteiger charge is -2.45. The molecule has 1 aliphatic carbocycles. The second kappa shape index (κ2) is 6.82. The van der Waals surface area contributed by atoms with Gasteiger partial charge in [0.2, 0.25) is 0 Å². The summed E-state index contributed by atoms with van der Waals surface area (Å²) in [5, 5.41) is 29.8. The van der Waals surface area contributed by atoms with Crippen molar-refractivity contribution in [1.82, 2.24) is 0 Å². The van der Waals surface area contributed by atoms with Gasteiger partial charge in [0.25, 0.3) is 0 Å². The molecule has 0 aromatic rings. The zero-order valence-electron chi connectivity index (χ0n) is 11.8. The van der Waals surface area contributed by atoms with E-state index in [1.54, 1.807) is 0 Å². The molecule has 11 N–H and O–H groups in total. The Hall–Kier alpha value is -0.360. The minimum absolute atomic E-state index is 0.177. The van der Waals surface area contributed by atoms with Crippen molar-refractivity contribution in [2.24, 2.45) is 22.9 Å². The van der Waals surface area contributed by atoms with Crippen molar-refractivity contribution < 1.29 is 24.8 Å². The lowest BCUT2D eigenvalue weighted by atomic mass is 9.82. The second-order valence-electron chi connectivity index (χ2n) is 5.83. The maximum atomic E-state index is 10.1. The van der Waals surface area contributed by atoms with Gasteiger partial charge in [0.1, 0.15) is 18.3 Å². The Kier molecular flexibility index (Phi) is 5.52. The van der Waals surface area contributed by atoms with Gasteiger partial charge in [-0.2, -0.15) is 0 Å². The molecule has 0 amide bonds. The largest absolute Gasteiger partial charge is 0.390 e. The third-order valence-corrected chi connectivity index (χ3v) is 4.30. The van der Waals surface area contributed by atoms with E-state index in [2.05, 4.69) is 0 Å². The highest BCUT2D eigenvalue weighted by Crippen LogP contribution is 2.26. The number of hydrogen-bond donors (Lipinski definition) is 7. The van der Waals surface area contributed by atoms with Gasteiger partial charge in [-0.15, -0.1) is 0 Å². The Labute approximate surface area is 123 Å². The van der Waals surface area contributed by atoms with Gasteiger partial charge in [0.15, 0.2) is 6.29 Å². The monoisotopic (exact) mass is 306 g/mol. The molecule has 1 saturated carbocycles. The van der Waals surface area contributed by atoms with Crippen LogP contribution in [0.2, 0.25) is 0 Å². The summed E-state index contributed by atoms with van der Waals surface area (Å²) >= 11 is 0. The van der Waals surface area contributed by atoms with Gasteiger partial charge in [-0.05, 0) is 12.8 Å². The molecule has 2 fully saturated rings. The van der Waals surface area contributed by atoms with Gasteiger partial charge in [-0.3, -0.25) is 0 Å². The van der Waals surface area contributed by atoms with Crippen molar-refractivity contribution in [2.45, 2.75) is 67.8 Å². The molecule has 1 heterocycles. The van der Waals surface area contributed by atoms with E-state index in [4.69, 9.17) is 32.4 Å². The Morgan fingerprint density at radius 2 is 1.62 bits per heavy atom. The van der Waals surface area contributed by atoms with Crippen molar-refractivity contribution in [1.29, 1.82) is 0 Å². The molecule has 0 aromatic carbocycles. The normalized spacial score (nSPS) is 51.9. The quantitative estimate of drug-likeness (QED) is 0.272. The molecule has 9 nitrogen and oxygen atoms in total. The maximum absolute atomic E-state index is 10.1. The summed E-state index contributed by atoms with van der Waals surface area (Å²) in [5.74, 6) is 0. The zero-order valence-corrected chi connectivity index (χ0v) is 11.8. The highest BCUT2D eigenvalue weighted by Gasteiger charge is 2.48. The number of aliphatic hydroxyl groups is 3. The van der Waals surface area contributed by atoms with E-state index in [0.717, 1.165) is 6.42 Å². The van der Waals surface area contributed by atoms with Crippen LogP contribution < -0.4 is 22.9 Å². The van der Waals surface area contributed by atoms with Crippen LogP contribution in [0.1, 0.15) is 12.8 Å². The predicted molar refractivity (Wildman–Crippen MR) is 73.8 cm³/mol. The van der Waals surface area contributed by atoms with Gasteiger partial charge in [0.05, 0.1) is 30.3 Å². The van der Waals surface area contributed by atoms with Crippen LogP contribution in [0.4, 0.5) is 0 Å². The van der Waals surface area contributed by atoms with Gasteiger partial charge >= 0.3 is 0 Å². The van der Waals surface area contributed by atoms with Crippen LogP contribution in [0.25, 0.3) is 0 Å². The van der Waals surface area contributed by atoms with E-state index in [1.807, 2.05) is 0 Å². The molecule has 0 bridgehead atoms. The first-order valence-electron chi connectivity index (χ1n) is 7.18. The number of nitrogens with two attached hydrogens (primary N) is 4. The summed E-state index contributed by atoms with van der Waals surface area (Å²) in [6, 6.07) is -2.38. The molecule has 2 aliphatic rings. The Balaban J connectivity index is 2.06. The molecule has 124 valence electrons. The summed E-state index contributed by atoms with van der Waals surface area (Å²) < 4.78 is 11.2. The fourth-order valence-electron chi connectivity index (χ4n) is 2.81. The maximum Gasteiger partial charge on any atom is 0.173 e. The van der Waals surface area contributed by atoms with Crippen LogP contribution >= 0.6 is 0 Å². The van der Waals surface area contributed by atoms with Gasteiger partial charge in [-0.25, -0.2) is 0 Å². The Bertz CT molecular complexity index is 334. The number of hydrogen-bond acceptors (Lipinski definition) is 9. The molecule has 2 rings (SSSR count). The first-order chi connectivity index (χ1) is 9.86. The van der Waals surface area contributed by atoms with Crippen LogP contribution in [0.15, 0.2) is 0 Å². The third-order valence-electron chi connectivity index (χ3n) is 4.30. The van der Waals surface area contributed by atoms with Crippen molar-refractivity contribution in [3.05, 3.63) is 0 Å². The van der Waals surface area contributed by atoms with E-state index in [1.165, 1.54) is 0 Å². The summed E-state index contributed by atoms with van der Waals surface area (Å²) in [7, 11) is 0. The minimum Gasteiger partial charge on any atom is -0.390 e. The molecule has 0 aromatic heterocycles. The predicted octanol–water partition coefficient (Wildman–Crippen LogP) is -4.09. The van der Waals surface area contributed by atoms with Crippen LogP contribution in [0, 0.1) is 0 Å². The van der Waals surface area contributed by atoms with Crippen molar-refractivity contribution in [3.63, 3.8) is 0 Å². The number of aliphatic hydroxyl groups excluding tert-OH is 3. The molecule has 4 unspecified atom stereocenters. The van der Waals surface area contributed by atoms with Gasteiger partial charge < -0.3 is 47.7 Å². The first-order valence-corrected chi connectivity index (χ1v) is 7.18. The lowest BCUT2D eigenvalue weighted by molar-refractivity contribution is -0.260. The lowest BCUT2D eigenvalue weighted by Crippen LogP contribution is -2.70. The molecule has 9 heteroatoms. The fourth-order valence-corrected chi connectivity index (χ4v) is 2.81. The van der Waals surface area contributed by atoms with Crippen molar-refractivity contribution in [2.75, 3.05) is 6.54 Å². The van der Waals surface area contributed by atoms with Crippen LogP contribution in [0.5, 0.6) is 0 Å². The average molecular weight is 306 g/mol. The van der Waals surface area contributed by atoms with E-state index >= 15 is 0 Å². The first kappa shape index (κ1) is 17.0. The molecule has 9 atom stereocenters. The SMILES string of the molecule is NC[C@H]1CCC(N)[C@@H](OC2C(O)[C@@H](O)[C@H](N)C(O)[C@@H]2N)O1. The number of ether oxygens (including phenoxy) is 2. The summed E-state index contributed by atoms with van der Waals surface area (Å²) in [6.07, 6.45) is -4.47. The third kappa shape index (κ3) is 3.36. The molecule has 21 heavy (non-hydrogen) atoms. The van der Waals surface area contributed by atoms with Crippen LogP contribution in [0.3, 0.4) is 0 Å². The molecule has 0 spiro atoms. The highest BCUT2D eigenvalue weighted by molar-refractivity contribution is 5.03. The standard InChI is InChI=1S/C12H26N4O5/c13-3-4-1-2-5(14)12(20-4)21-11-7(16)8(17)6(15)9(18)10(11)19/h4-12,17-19H,1-3,13-16H2/t4-,5?,6-,7+,8?,9+,10?,11?,12-/m1/s1. The topological polar surface area (TPSA) is 183 Å². The average Bonchev–Trinajstić information content (AvgIpc) is 2.49. The van der Waals surface area contributed by atoms with Crippen molar-refractivity contribution >= 4 is 0 Å². The zero-order chi connectivity index (χ0) is 15.7. The van der Waals surface area contributed by atoms with Crippen LogP contribution in [-0.4, -0.2) is 76.8 Å². The van der Waals surface area contributed by atoms with Crippen LogP contribution in [-0.2, 0) is 9.47 Å². The molecule has 0 radical (unpaired) electrons. The van der Waals surface area contributed by atoms with E-state index in [0.29, 0.717) is 13.0 Å². The smallest absolute Gasteiger partial charge is 0.173 e. The molecule has 1 saturated heterocycles. The highest BCUT2D eigenvalue weighted by atomic mass is 16.7. The number of rotatable bonds is 3. The summed E-state index contributed by atoms with van der Waals surface area (Å²) in [4.78, 5) is 0. The van der Waals surface area contributed by atoms with E-state index in [-0.39, 0.29) is 6.10 Å². The van der Waals surface area contributed by atoms with Gasteiger partial charge in [0, 0.05) is 6.54 Å². The van der Waals surface area contributed by atoms with E-state index < -0.39 is 48.8 Å². The summed E-state index contributed by atoms with van der Waals surface area (Å²) in [5.41, 5.74) is 23.0. The second-order valence-corrected chi connectivity index (χ2v) is 5.83. The molecular weight excluding hydrogens is 280 g/mol. The Morgan fingerprint density at radius 3 is 2.24 bits per heavy atom. The van der Waals surface area contributed by atoms with E-state index in [9.17, 15) is 15.3 Å². The minimum atomic E-state index is -1.34. The fraction of sp³-hybridized carbons (Fsp3) is 1.00. The Morgan fingerprint density at radius 1 is 0.952 bits per heavy atom. The van der Waals surface area contributed by atoms with Crippen molar-refractivity contribution in [3.8, 4) is 0 Å². The molecular formula is C12H26N4O5. The summed E-state index contributed by atoms with van der Waals surface area (Å²) in [6.45, 7) is 0.335. The van der Waals surface area contributed by atoms with Gasteiger partial charge in [-0.1, -0.05) is 0 Å². The molecule has 1 aliphatic heterocycles.